The van der Waals surface area contributed by atoms with Crippen molar-refractivity contribution in [3.63, 3.8) is 0 Å². The molecule has 1 aliphatic rings. The van der Waals surface area contributed by atoms with Crippen LogP contribution in [0.1, 0.15) is 6.42 Å². The molecule has 3 aromatic rings. The van der Waals surface area contributed by atoms with E-state index in [2.05, 4.69) is 35.4 Å². The van der Waals surface area contributed by atoms with E-state index in [1.165, 1.54) is 6.07 Å². The zero-order valence-electron chi connectivity index (χ0n) is 18.2. The van der Waals surface area contributed by atoms with Crippen LogP contribution in [0, 0.1) is 0 Å². The van der Waals surface area contributed by atoms with Crippen molar-refractivity contribution in [1.29, 1.82) is 0 Å². The lowest BCUT2D eigenvalue weighted by Gasteiger charge is -2.21. The summed E-state index contributed by atoms with van der Waals surface area (Å²) in [6, 6.07) is 10.4. The number of nitrogens with one attached hydrogen (secondary N) is 1. The molecule has 0 spiro atoms. The number of hydrogen-bond acceptors (Lipinski definition) is 7. The van der Waals surface area contributed by atoms with Crippen molar-refractivity contribution in [1.82, 2.24) is 14.7 Å². The van der Waals surface area contributed by atoms with Crippen LogP contribution in [0.5, 0.6) is 5.75 Å². The molecule has 182 valence electrons. The number of ether oxygens (including phenoxy) is 1. The first-order valence-electron chi connectivity index (χ1n) is 10.2. The van der Waals surface area contributed by atoms with E-state index in [1.54, 1.807) is 0 Å². The Morgan fingerprint density at radius 3 is 2.62 bits per heavy atom. The van der Waals surface area contributed by atoms with E-state index in [-0.39, 0.29) is 11.0 Å². The van der Waals surface area contributed by atoms with E-state index in [0.717, 1.165) is 28.9 Å². The van der Waals surface area contributed by atoms with Crippen LogP contribution >= 0.6 is 15.9 Å². The summed E-state index contributed by atoms with van der Waals surface area (Å²) < 4.78 is 71.0. The van der Waals surface area contributed by atoms with Crippen LogP contribution in [-0.2, 0) is 10.0 Å². The van der Waals surface area contributed by atoms with Gasteiger partial charge in [-0.3, -0.25) is 0 Å². The number of sulfonamides is 1. The van der Waals surface area contributed by atoms with Crippen LogP contribution in [0.4, 0.5) is 24.9 Å². The van der Waals surface area contributed by atoms with Gasteiger partial charge in [-0.25, -0.2) is 18.1 Å². The maximum absolute atomic E-state index is 12.9. The first-order valence-corrected chi connectivity index (χ1v) is 12.5. The minimum atomic E-state index is -5.03. The van der Waals surface area contributed by atoms with Crippen molar-refractivity contribution in [2.75, 3.05) is 37.0 Å². The number of nitrogens with zero attached hydrogens (tertiary/aromatic N) is 4. The van der Waals surface area contributed by atoms with Gasteiger partial charge in [-0.15, -0.1) is 13.2 Å². The number of benzene rings is 2. The van der Waals surface area contributed by atoms with E-state index in [4.69, 9.17) is 0 Å². The Bertz CT molecular complexity index is 1320. The molecule has 2 aromatic carbocycles. The highest BCUT2D eigenvalue weighted by Gasteiger charge is 2.36. The average Bonchev–Trinajstić information content (AvgIpc) is 3.19. The molecule has 1 aliphatic heterocycles. The van der Waals surface area contributed by atoms with Crippen molar-refractivity contribution in [2.45, 2.75) is 23.7 Å². The summed E-state index contributed by atoms with van der Waals surface area (Å²) in [7, 11) is -0.550. The van der Waals surface area contributed by atoms with Gasteiger partial charge in [-0.05, 0) is 36.8 Å². The predicted molar refractivity (Wildman–Crippen MR) is 126 cm³/mol. The second-order valence-electron chi connectivity index (χ2n) is 7.95. The lowest BCUT2D eigenvalue weighted by atomic mass is 10.2. The Hall–Kier alpha value is -2.64. The number of anilines is 2. The molecule has 1 atom stereocenters. The minimum absolute atomic E-state index is 0.253. The molecule has 2 heterocycles. The standard InChI is InChI=1S/C21H21BrF3N5O3S/c1-29(2)19-15-5-3-4-6-16(15)26-20(27-19)30-10-9-14(12-30)28-34(31,32)18-8-7-13(22)11-17(18)33-21(23,24)25/h3-8,11,14,28H,9-10,12H2,1-2H3. The number of hydrogen-bond donors (Lipinski definition) is 1. The number of aromatic nitrogens is 2. The van der Waals surface area contributed by atoms with Gasteiger partial charge in [-0.1, -0.05) is 28.1 Å². The highest BCUT2D eigenvalue weighted by Crippen LogP contribution is 2.33. The normalized spacial score (nSPS) is 16.8. The summed E-state index contributed by atoms with van der Waals surface area (Å²) in [5, 5.41) is 0.889. The second-order valence-corrected chi connectivity index (χ2v) is 10.5. The zero-order valence-corrected chi connectivity index (χ0v) is 20.6. The molecule has 0 saturated carbocycles. The van der Waals surface area contributed by atoms with Gasteiger partial charge >= 0.3 is 6.36 Å². The fourth-order valence-corrected chi connectivity index (χ4v) is 5.47. The molecule has 1 saturated heterocycles. The van der Waals surface area contributed by atoms with E-state index in [1.807, 2.05) is 48.2 Å². The van der Waals surface area contributed by atoms with Gasteiger partial charge in [0.05, 0.1) is 5.52 Å². The maximum atomic E-state index is 12.9. The Kier molecular flexibility index (Phi) is 6.62. The van der Waals surface area contributed by atoms with Crippen LogP contribution in [0.3, 0.4) is 0 Å². The largest absolute Gasteiger partial charge is 0.573 e. The molecule has 0 bridgehead atoms. The Balaban J connectivity index is 1.56. The van der Waals surface area contributed by atoms with Gasteiger partial charge in [0.1, 0.15) is 10.7 Å². The molecule has 1 N–H and O–H groups in total. The summed E-state index contributed by atoms with van der Waals surface area (Å²) in [4.78, 5) is 12.4. The molecule has 1 aromatic heterocycles. The summed E-state index contributed by atoms with van der Waals surface area (Å²) in [6.45, 7) is 0.737. The van der Waals surface area contributed by atoms with E-state index < -0.39 is 33.1 Å². The first kappa shape index (κ1) is 24.5. The summed E-state index contributed by atoms with van der Waals surface area (Å²) >= 11 is 3.04. The monoisotopic (exact) mass is 559 g/mol. The lowest BCUT2D eigenvalue weighted by Crippen LogP contribution is -2.37. The van der Waals surface area contributed by atoms with Gasteiger partial charge < -0.3 is 14.5 Å². The molecule has 0 amide bonds. The number of fused-ring (bicyclic) bond motifs is 1. The van der Waals surface area contributed by atoms with E-state index in [9.17, 15) is 21.6 Å². The van der Waals surface area contributed by atoms with Gasteiger partial charge in [-0.2, -0.15) is 4.98 Å². The molecule has 4 rings (SSSR count). The Labute approximate surface area is 202 Å². The topological polar surface area (TPSA) is 87.7 Å². The highest BCUT2D eigenvalue weighted by molar-refractivity contribution is 9.10. The van der Waals surface area contributed by atoms with Gasteiger partial charge in [0.2, 0.25) is 16.0 Å². The summed E-state index contributed by atoms with van der Waals surface area (Å²) in [5.74, 6) is 0.375. The lowest BCUT2D eigenvalue weighted by molar-refractivity contribution is -0.275. The van der Waals surface area contributed by atoms with Crippen LogP contribution in [-0.4, -0.2) is 58.0 Å². The molecule has 1 fully saturated rings. The van der Waals surface area contributed by atoms with Crippen LogP contribution < -0.4 is 19.3 Å². The average molecular weight is 560 g/mol. The molecular formula is C21H21BrF3N5O3S. The quantitative estimate of drug-likeness (QED) is 0.489. The van der Waals surface area contributed by atoms with Crippen molar-refractivity contribution in [3.05, 3.63) is 46.9 Å². The molecule has 0 radical (unpaired) electrons. The van der Waals surface area contributed by atoms with Gasteiger partial charge in [0.25, 0.3) is 0 Å². The molecule has 13 heteroatoms. The van der Waals surface area contributed by atoms with Crippen LogP contribution in [0.2, 0.25) is 0 Å². The van der Waals surface area contributed by atoms with Crippen LogP contribution in [0.25, 0.3) is 10.9 Å². The third kappa shape index (κ3) is 5.36. The van der Waals surface area contributed by atoms with Crippen molar-refractivity contribution >= 4 is 48.6 Å². The van der Waals surface area contributed by atoms with Crippen molar-refractivity contribution in [2.24, 2.45) is 0 Å². The maximum Gasteiger partial charge on any atom is 0.573 e. The predicted octanol–water partition coefficient (Wildman–Crippen LogP) is 3.91. The van der Waals surface area contributed by atoms with Crippen molar-refractivity contribution in [3.8, 4) is 5.75 Å². The summed E-state index contributed by atoms with van der Waals surface area (Å²) in [6.07, 6.45) is -4.61. The third-order valence-electron chi connectivity index (χ3n) is 5.21. The first-order chi connectivity index (χ1) is 15.9. The number of rotatable bonds is 6. The molecule has 34 heavy (non-hydrogen) atoms. The number of halogens is 4. The minimum Gasteiger partial charge on any atom is -0.404 e. The fraction of sp³-hybridized carbons (Fsp3) is 0.333. The third-order valence-corrected chi connectivity index (χ3v) is 7.26. The fourth-order valence-electron chi connectivity index (χ4n) is 3.76. The highest BCUT2D eigenvalue weighted by atomic mass is 79.9. The zero-order chi connectivity index (χ0) is 24.7. The number of para-hydroxylation sites is 1. The molecular weight excluding hydrogens is 539 g/mol. The van der Waals surface area contributed by atoms with Crippen molar-refractivity contribution < 1.29 is 26.3 Å². The van der Waals surface area contributed by atoms with Gasteiger partial charge in [0, 0.05) is 43.1 Å². The summed E-state index contributed by atoms with van der Waals surface area (Å²) in [5.41, 5.74) is 0.754. The molecule has 8 nitrogen and oxygen atoms in total. The van der Waals surface area contributed by atoms with E-state index in [0.29, 0.717) is 18.9 Å². The second kappa shape index (κ2) is 9.19. The van der Waals surface area contributed by atoms with E-state index >= 15 is 0 Å². The number of alkyl halides is 3. The molecule has 0 aliphatic carbocycles. The SMILES string of the molecule is CN(C)c1nc(N2CCC(NS(=O)(=O)c3ccc(Br)cc3OC(F)(F)F)C2)nc2ccccc12. The smallest absolute Gasteiger partial charge is 0.404 e. The Morgan fingerprint density at radius 1 is 1.18 bits per heavy atom. The molecule has 1 unspecified atom stereocenters. The van der Waals surface area contributed by atoms with Crippen LogP contribution in [0.15, 0.2) is 51.8 Å². The van der Waals surface area contributed by atoms with Gasteiger partial charge in [0.15, 0.2) is 5.75 Å². The Morgan fingerprint density at radius 2 is 1.91 bits per heavy atom.